The second kappa shape index (κ2) is 6.08. The predicted octanol–water partition coefficient (Wildman–Crippen LogP) is 1.92. The Morgan fingerprint density at radius 2 is 1.95 bits per heavy atom. The molecule has 0 spiro atoms. The van der Waals surface area contributed by atoms with Gasteiger partial charge in [0, 0.05) is 30.4 Å². The summed E-state index contributed by atoms with van der Waals surface area (Å²) >= 11 is 0. The van der Waals surface area contributed by atoms with Crippen molar-refractivity contribution in [2.24, 2.45) is 0 Å². The second-order valence-electron chi connectivity index (χ2n) is 5.54. The molecule has 1 aromatic rings. The van der Waals surface area contributed by atoms with E-state index >= 15 is 0 Å². The Hall–Kier alpha value is -1.52. The molecule has 0 aliphatic heterocycles. The van der Waals surface area contributed by atoms with Crippen LogP contribution in [0, 0.1) is 0 Å². The van der Waals surface area contributed by atoms with Gasteiger partial charge in [0.15, 0.2) is 0 Å². The molecule has 0 aliphatic rings. The SMILES string of the molecule is CCOC(=O)CCn1c(C(C)(C)C)cn(CC)c1=O. The minimum Gasteiger partial charge on any atom is -0.466 e. The van der Waals surface area contributed by atoms with Crippen LogP contribution in [-0.2, 0) is 28.0 Å². The van der Waals surface area contributed by atoms with Gasteiger partial charge in [0.2, 0.25) is 0 Å². The fourth-order valence-electron chi connectivity index (χ4n) is 2.01. The highest BCUT2D eigenvalue weighted by molar-refractivity contribution is 5.69. The first-order chi connectivity index (χ1) is 8.81. The first kappa shape index (κ1) is 15.5. The van der Waals surface area contributed by atoms with Crippen LogP contribution in [0.3, 0.4) is 0 Å². The molecule has 0 amide bonds. The zero-order valence-electron chi connectivity index (χ0n) is 12.5. The van der Waals surface area contributed by atoms with Gasteiger partial charge < -0.3 is 4.74 Å². The number of aryl methyl sites for hydroxylation is 1. The molecular weight excluding hydrogens is 244 g/mol. The molecule has 1 aromatic heterocycles. The van der Waals surface area contributed by atoms with E-state index in [9.17, 15) is 9.59 Å². The van der Waals surface area contributed by atoms with E-state index in [1.165, 1.54) is 0 Å². The highest BCUT2D eigenvalue weighted by Gasteiger charge is 2.22. The Morgan fingerprint density at radius 3 is 2.42 bits per heavy atom. The highest BCUT2D eigenvalue weighted by atomic mass is 16.5. The molecule has 1 heterocycles. The first-order valence-corrected chi connectivity index (χ1v) is 6.77. The third-order valence-corrected chi connectivity index (χ3v) is 3.00. The molecule has 5 heteroatoms. The average molecular weight is 268 g/mol. The minimum absolute atomic E-state index is 0.0586. The number of aromatic nitrogens is 2. The molecule has 0 bridgehead atoms. The predicted molar refractivity (Wildman–Crippen MR) is 74.3 cm³/mol. The van der Waals surface area contributed by atoms with Gasteiger partial charge in [-0.2, -0.15) is 0 Å². The number of carbonyl (C=O) groups is 1. The van der Waals surface area contributed by atoms with Gasteiger partial charge >= 0.3 is 11.7 Å². The van der Waals surface area contributed by atoms with Crippen LogP contribution in [0.5, 0.6) is 0 Å². The molecule has 0 aromatic carbocycles. The fraction of sp³-hybridized carbons (Fsp3) is 0.714. The van der Waals surface area contributed by atoms with Gasteiger partial charge in [-0.15, -0.1) is 0 Å². The van der Waals surface area contributed by atoms with Crippen LogP contribution in [0.1, 0.15) is 46.7 Å². The zero-order valence-corrected chi connectivity index (χ0v) is 12.5. The normalized spacial score (nSPS) is 11.6. The van der Waals surface area contributed by atoms with Crippen molar-refractivity contribution < 1.29 is 9.53 Å². The fourth-order valence-corrected chi connectivity index (χ4v) is 2.01. The maximum absolute atomic E-state index is 12.2. The van der Waals surface area contributed by atoms with Crippen molar-refractivity contribution >= 4 is 5.97 Å². The third kappa shape index (κ3) is 3.72. The molecule has 0 unspecified atom stereocenters. The van der Waals surface area contributed by atoms with E-state index in [-0.39, 0.29) is 23.5 Å². The molecule has 0 atom stereocenters. The van der Waals surface area contributed by atoms with Gasteiger partial charge in [-0.25, -0.2) is 4.79 Å². The second-order valence-corrected chi connectivity index (χ2v) is 5.54. The van der Waals surface area contributed by atoms with E-state index in [4.69, 9.17) is 4.74 Å². The molecule has 19 heavy (non-hydrogen) atoms. The summed E-state index contributed by atoms with van der Waals surface area (Å²) < 4.78 is 8.25. The summed E-state index contributed by atoms with van der Waals surface area (Å²) in [6.45, 7) is 11.3. The van der Waals surface area contributed by atoms with Crippen LogP contribution >= 0.6 is 0 Å². The van der Waals surface area contributed by atoms with Gasteiger partial charge in [-0.3, -0.25) is 13.9 Å². The number of ether oxygens (including phenoxy) is 1. The molecule has 1 rings (SSSR count). The number of imidazole rings is 1. The van der Waals surface area contributed by atoms with Gasteiger partial charge in [-0.05, 0) is 13.8 Å². The Morgan fingerprint density at radius 1 is 1.32 bits per heavy atom. The number of esters is 1. The molecule has 108 valence electrons. The number of rotatable bonds is 5. The van der Waals surface area contributed by atoms with Crippen LogP contribution in [0.4, 0.5) is 0 Å². The van der Waals surface area contributed by atoms with E-state index < -0.39 is 0 Å². The monoisotopic (exact) mass is 268 g/mol. The summed E-state index contributed by atoms with van der Waals surface area (Å²) in [6, 6.07) is 0. The van der Waals surface area contributed by atoms with Crippen LogP contribution in [0.15, 0.2) is 11.0 Å². The van der Waals surface area contributed by atoms with Crippen molar-refractivity contribution in [1.82, 2.24) is 9.13 Å². The molecule has 0 saturated heterocycles. The molecule has 5 nitrogen and oxygen atoms in total. The largest absolute Gasteiger partial charge is 0.466 e. The van der Waals surface area contributed by atoms with E-state index in [1.54, 1.807) is 16.1 Å². The molecule has 0 saturated carbocycles. The number of hydrogen-bond donors (Lipinski definition) is 0. The van der Waals surface area contributed by atoms with E-state index in [0.717, 1.165) is 5.69 Å². The highest BCUT2D eigenvalue weighted by Crippen LogP contribution is 2.21. The topological polar surface area (TPSA) is 53.2 Å². The molecule has 0 radical (unpaired) electrons. The number of nitrogens with zero attached hydrogens (tertiary/aromatic N) is 2. The maximum atomic E-state index is 12.2. The standard InChI is InChI=1S/C14H24N2O3/c1-6-15-10-11(14(3,4)5)16(13(15)18)9-8-12(17)19-7-2/h10H,6-9H2,1-5H3. The summed E-state index contributed by atoms with van der Waals surface area (Å²) in [7, 11) is 0. The quantitative estimate of drug-likeness (QED) is 0.767. The van der Waals surface area contributed by atoms with Crippen LogP contribution in [-0.4, -0.2) is 21.7 Å². The van der Waals surface area contributed by atoms with Crippen LogP contribution in [0.2, 0.25) is 0 Å². The van der Waals surface area contributed by atoms with E-state index in [2.05, 4.69) is 20.8 Å². The summed E-state index contributed by atoms with van der Waals surface area (Å²) in [5.41, 5.74) is 0.759. The smallest absolute Gasteiger partial charge is 0.328 e. The van der Waals surface area contributed by atoms with Gasteiger partial charge in [0.1, 0.15) is 0 Å². The molecule has 0 aliphatic carbocycles. The molecule has 0 fully saturated rings. The lowest BCUT2D eigenvalue weighted by Crippen LogP contribution is -2.28. The van der Waals surface area contributed by atoms with Crippen molar-refractivity contribution in [3.63, 3.8) is 0 Å². The Bertz CT molecular complexity index is 492. The average Bonchev–Trinajstić information content (AvgIpc) is 2.63. The van der Waals surface area contributed by atoms with Crippen molar-refractivity contribution in [3.8, 4) is 0 Å². The molecule has 0 N–H and O–H groups in total. The summed E-state index contributed by atoms with van der Waals surface area (Å²) in [5, 5.41) is 0. The molecular formula is C14H24N2O3. The first-order valence-electron chi connectivity index (χ1n) is 6.77. The summed E-state index contributed by atoms with van der Waals surface area (Å²) in [5.74, 6) is -0.265. The van der Waals surface area contributed by atoms with E-state index in [0.29, 0.717) is 19.7 Å². The Balaban J connectivity index is 3.01. The Labute approximate surface area is 114 Å². The lowest BCUT2D eigenvalue weighted by molar-refractivity contribution is -0.143. The third-order valence-electron chi connectivity index (χ3n) is 3.00. The summed E-state index contributed by atoms with van der Waals surface area (Å²) in [6.07, 6.45) is 2.11. The lowest BCUT2D eigenvalue weighted by Gasteiger charge is -2.19. The zero-order chi connectivity index (χ0) is 14.6. The van der Waals surface area contributed by atoms with Crippen molar-refractivity contribution in [3.05, 3.63) is 22.4 Å². The van der Waals surface area contributed by atoms with Gasteiger partial charge in [0.25, 0.3) is 0 Å². The van der Waals surface area contributed by atoms with Crippen LogP contribution < -0.4 is 5.69 Å². The van der Waals surface area contributed by atoms with Crippen LogP contribution in [0.25, 0.3) is 0 Å². The van der Waals surface area contributed by atoms with Crippen molar-refractivity contribution in [2.45, 2.75) is 59.5 Å². The van der Waals surface area contributed by atoms with E-state index in [1.807, 2.05) is 13.1 Å². The van der Waals surface area contributed by atoms with Crippen molar-refractivity contribution in [2.75, 3.05) is 6.61 Å². The number of carbonyl (C=O) groups excluding carboxylic acids is 1. The Kier molecular flexibility index (Phi) is 4.97. The maximum Gasteiger partial charge on any atom is 0.328 e. The summed E-state index contributed by atoms with van der Waals surface area (Å²) in [4.78, 5) is 23.6. The minimum atomic E-state index is -0.265. The lowest BCUT2D eigenvalue weighted by atomic mass is 9.92. The van der Waals surface area contributed by atoms with Gasteiger partial charge in [0.05, 0.1) is 13.0 Å². The van der Waals surface area contributed by atoms with Crippen molar-refractivity contribution in [1.29, 1.82) is 0 Å². The van der Waals surface area contributed by atoms with Gasteiger partial charge in [-0.1, -0.05) is 20.8 Å². The number of hydrogen-bond acceptors (Lipinski definition) is 3.